The lowest BCUT2D eigenvalue weighted by atomic mass is 10.1. The summed E-state index contributed by atoms with van der Waals surface area (Å²) in [5, 5.41) is 19.7. The van der Waals surface area contributed by atoms with Crippen LogP contribution < -0.4 is 5.32 Å². The van der Waals surface area contributed by atoms with Crippen LogP contribution in [0.3, 0.4) is 0 Å². The van der Waals surface area contributed by atoms with E-state index in [-0.39, 0.29) is 11.7 Å². The number of nitrogens with zero attached hydrogens (tertiary/aromatic N) is 4. The molecule has 0 atom stereocenters. The molecule has 0 aliphatic carbocycles. The van der Waals surface area contributed by atoms with Crippen molar-refractivity contribution in [3.8, 4) is 0 Å². The van der Waals surface area contributed by atoms with Crippen LogP contribution in [0.15, 0.2) is 46.5 Å². The van der Waals surface area contributed by atoms with E-state index >= 15 is 0 Å². The standard InChI is InChI=1S/C14H10BrN5O3S/c15-11-8-19(18-12(11)20(22)23)7-9-2-1-3-10(6-9)13(21)17-14-16-4-5-24-14/h1-6,8H,7H2,(H,16,17,21). The van der Waals surface area contributed by atoms with Crippen molar-refractivity contribution < 1.29 is 9.72 Å². The lowest BCUT2D eigenvalue weighted by Crippen LogP contribution is -2.12. The van der Waals surface area contributed by atoms with Crippen LogP contribution >= 0.6 is 27.3 Å². The fourth-order valence-corrected chi connectivity index (χ4v) is 3.03. The SMILES string of the molecule is O=C(Nc1nccs1)c1cccc(Cn2cc(Br)c([N+](=O)[O-])n2)c1. The van der Waals surface area contributed by atoms with Crippen molar-refractivity contribution in [2.45, 2.75) is 6.54 Å². The average molecular weight is 408 g/mol. The molecule has 0 saturated heterocycles. The van der Waals surface area contributed by atoms with Gasteiger partial charge in [0.05, 0.1) is 17.8 Å². The molecule has 0 bridgehead atoms. The zero-order chi connectivity index (χ0) is 17.1. The molecule has 1 aromatic carbocycles. The van der Waals surface area contributed by atoms with Gasteiger partial charge in [0, 0.05) is 17.1 Å². The Hall–Kier alpha value is -2.59. The van der Waals surface area contributed by atoms with Crippen molar-refractivity contribution in [2.75, 3.05) is 5.32 Å². The summed E-state index contributed by atoms with van der Waals surface area (Å²) in [4.78, 5) is 26.5. The number of amides is 1. The molecule has 122 valence electrons. The van der Waals surface area contributed by atoms with Crippen LogP contribution in [-0.4, -0.2) is 25.6 Å². The maximum Gasteiger partial charge on any atom is 0.404 e. The second-order valence-corrected chi connectivity index (χ2v) is 6.50. The molecule has 3 rings (SSSR count). The molecular formula is C14H10BrN5O3S. The number of benzene rings is 1. The lowest BCUT2D eigenvalue weighted by molar-refractivity contribution is -0.390. The van der Waals surface area contributed by atoms with Gasteiger partial charge in [-0.05, 0) is 38.5 Å². The number of nitro groups is 1. The summed E-state index contributed by atoms with van der Waals surface area (Å²) < 4.78 is 1.75. The van der Waals surface area contributed by atoms with Gasteiger partial charge < -0.3 is 10.1 Å². The highest BCUT2D eigenvalue weighted by molar-refractivity contribution is 9.10. The van der Waals surface area contributed by atoms with Crippen molar-refractivity contribution in [3.63, 3.8) is 0 Å². The lowest BCUT2D eigenvalue weighted by Gasteiger charge is -2.04. The number of anilines is 1. The predicted molar refractivity (Wildman–Crippen MR) is 92.2 cm³/mol. The fourth-order valence-electron chi connectivity index (χ4n) is 2.04. The monoisotopic (exact) mass is 407 g/mol. The molecule has 0 aliphatic heterocycles. The normalized spacial score (nSPS) is 10.5. The van der Waals surface area contributed by atoms with Crippen LogP contribution in [-0.2, 0) is 6.54 Å². The van der Waals surface area contributed by atoms with Gasteiger partial charge in [0.1, 0.15) is 4.47 Å². The third-order valence-corrected chi connectivity index (χ3v) is 4.31. The third kappa shape index (κ3) is 3.66. The fraction of sp³-hybridized carbons (Fsp3) is 0.0714. The van der Waals surface area contributed by atoms with E-state index in [9.17, 15) is 14.9 Å². The Morgan fingerprint density at radius 3 is 2.96 bits per heavy atom. The Balaban J connectivity index is 1.76. The van der Waals surface area contributed by atoms with Crippen molar-refractivity contribution in [1.82, 2.24) is 14.8 Å². The molecule has 0 fully saturated rings. The molecule has 0 radical (unpaired) electrons. The molecule has 3 aromatic rings. The van der Waals surface area contributed by atoms with E-state index in [4.69, 9.17) is 0 Å². The van der Waals surface area contributed by atoms with Gasteiger partial charge in [-0.25, -0.2) is 4.98 Å². The van der Waals surface area contributed by atoms with E-state index in [0.717, 1.165) is 5.56 Å². The van der Waals surface area contributed by atoms with Gasteiger partial charge in [-0.15, -0.1) is 11.3 Å². The maximum absolute atomic E-state index is 12.2. The first-order chi connectivity index (χ1) is 11.5. The van der Waals surface area contributed by atoms with Crippen LogP contribution in [0.1, 0.15) is 15.9 Å². The number of rotatable bonds is 5. The van der Waals surface area contributed by atoms with Gasteiger partial charge in [0.2, 0.25) is 0 Å². The van der Waals surface area contributed by atoms with E-state index in [1.165, 1.54) is 22.2 Å². The molecular weight excluding hydrogens is 398 g/mol. The minimum atomic E-state index is -0.557. The Labute approximate surface area is 148 Å². The number of hydrogen-bond donors (Lipinski definition) is 1. The van der Waals surface area contributed by atoms with E-state index < -0.39 is 4.92 Å². The second kappa shape index (κ2) is 6.89. The molecule has 1 amide bonds. The molecule has 2 heterocycles. The predicted octanol–water partition coefficient (Wildman–Crippen LogP) is 3.31. The first kappa shape index (κ1) is 16.3. The van der Waals surface area contributed by atoms with E-state index in [2.05, 4.69) is 31.3 Å². The van der Waals surface area contributed by atoms with Crippen molar-refractivity contribution in [3.05, 3.63) is 67.8 Å². The summed E-state index contributed by atoms with van der Waals surface area (Å²) in [5.41, 5.74) is 1.27. The van der Waals surface area contributed by atoms with Crippen molar-refractivity contribution in [2.24, 2.45) is 0 Å². The molecule has 0 unspecified atom stereocenters. The Morgan fingerprint density at radius 2 is 2.29 bits per heavy atom. The number of hydrogen-bond acceptors (Lipinski definition) is 6. The largest absolute Gasteiger partial charge is 0.404 e. The summed E-state index contributed by atoms with van der Waals surface area (Å²) in [6, 6.07) is 6.97. The maximum atomic E-state index is 12.2. The Kier molecular flexibility index (Phi) is 4.67. The van der Waals surface area contributed by atoms with Crippen LogP contribution in [0.4, 0.5) is 10.9 Å². The first-order valence-corrected chi connectivity index (χ1v) is 8.37. The topological polar surface area (TPSA) is 103 Å². The van der Waals surface area contributed by atoms with Gasteiger partial charge >= 0.3 is 5.82 Å². The summed E-state index contributed by atoms with van der Waals surface area (Å²) in [6.07, 6.45) is 3.14. The number of halogens is 1. The molecule has 8 nitrogen and oxygen atoms in total. The summed E-state index contributed by atoms with van der Waals surface area (Å²) in [5.74, 6) is -0.507. The van der Waals surface area contributed by atoms with Gasteiger partial charge in [0.25, 0.3) is 5.91 Å². The van der Waals surface area contributed by atoms with Gasteiger partial charge in [-0.3, -0.25) is 10.1 Å². The van der Waals surface area contributed by atoms with Gasteiger partial charge in [-0.2, -0.15) is 4.68 Å². The average Bonchev–Trinajstić information content (AvgIpc) is 3.17. The van der Waals surface area contributed by atoms with E-state index in [1.54, 1.807) is 29.8 Å². The quantitative estimate of drug-likeness (QED) is 0.516. The Bertz CT molecular complexity index is 894. The Morgan fingerprint density at radius 1 is 1.46 bits per heavy atom. The number of carbonyl (C=O) groups is 1. The smallest absolute Gasteiger partial charge is 0.358 e. The number of thiazole rings is 1. The van der Waals surface area contributed by atoms with Crippen LogP contribution in [0.2, 0.25) is 0 Å². The highest BCUT2D eigenvalue weighted by Crippen LogP contribution is 2.22. The van der Waals surface area contributed by atoms with Gasteiger partial charge in [-0.1, -0.05) is 12.1 Å². The number of nitrogens with one attached hydrogen (secondary N) is 1. The van der Waals surface area contributed by atoms with Crippen LogP contribution in [0.5, 0.6) is 0 Å². The molecule has 2 aromatic heterocycles. The molecule has 1 N–H and O–H groups in total. The highest BCUT2D eigenvalue weighted by Gasteiger charge is 2.18. The minimum absolute atomic E-state index is 0.243. The van der Waals surface area contributed by atoms with Crippen LogP contribution in [0.25, 0.3) is 0 Å². The van der Waals surface area contributed by atoms with E-state index in [1.807, 2.05) is 6.07 Å². The molecule has 0 saturated carbocycles. The minimum Gasteiger partial charge on any atom is -0.358 e. The summed E-state index contributed by atoms with van der Waals surface area (Å²) in [6.45, 7) is 0.310. The molecule has 10 heteroatoms. The number of aromatic nitrogens is 3. The molecule has 24 heavy (non-hydrogen) atoms. The number of carbonyl (C=O) groups excluding carboxylic acids is 1. The summed E-state index contributed by atoms with van der Waals surface area (Å²) in [7, 11) is 0. The second-order valence-electron chi connectivity index (χ2n) is 4.75. The third-order valence-electron chi connectivity index (χ3n) is 3.06. The highest BCUT2D eigenvalue weighted by atomic mass is 79.9. The van der Waals surface area contributed by atoms with E-state index in [0.29, 0.717) is 21.7 Å². The van der Waals surface area contributed by atoms with Crippen LogP contribution in [0, 0.1) is 10.1 Å². The van der Waals surface area contributed by atoms with Gasteiger partial charge in [0.15, 0.2) is 5.13 Å². The molecule has 0 spiro atoms. The molecule has 0 aliphatic rings. The zero-order valence-corrected chi connectivity index (χ0v) is 14.5. The van der Waals surface area contributed by atoms with Crippen molar-refractivity contribution >= 4 is 44.1 Å². The zero-order valence-electron chi connectivity index (χ0n) is 12.0. The van der Waals surface area contributed by atoms with Crippen molar-refractivity contribution in [1.29, 1.82) is 0 Å². The first-order valence-electron chi connectivity index (χ1n) is 6.70. The summed E-state index contributed by atoms with van der Waals surface area (Å²) >= 11 is 4.44.